The van der Waals surface area contributed by atoms with Crippen LogP contribution in [0, 0.1) is 6.92 Å². The van der Waals surface area contributed by atoms with Crippen molar-refractivity contribution in [1.29, 1.82) is 0 Å². The molecular formula is C13H24N4O. The zero-order valence-corrected chi connectivity index (χ0v) is 11.8. The molecule has 18 heavy (non-hydrogen) atoms. The average Bonchev–Trinajstić information content (AvgIpc) is 2.68. The van der Waals surface area contributed by atoms with Crippen LogP contribution in [0.15, 0.2) is 6.07 Å². The van der Waals surface area contributed by atoms with E-state index in [4.69, 9.17) is 5.73 Å². The van der Waals surface area contributed by atoms with Crippen LogP contribution in [0.5, 0.6) is 0 Å². The lowest BCUT2D eigenvalue weighted by Crippen LogP contribution is -2.43. The number of aryl methyl sites for hydroxylation is 2. The number of nitrogens with zero attached hydrogens (tertiary/aromatic N) is 3. The highest BCUT2D eigenvalue weighted by molar-refractivity contribution is 5.93. The summed E-state index contributed by atoms with van der Waals surface area (Å²) in [4.78, 5) is 14.4. The smallest absolute Gasteiger partial charge is 0.272 e. The minimum atomic E-state index is 0.0252. The van der Waals surface area contributed by atoms with Crippen LogP contribution in [-0.2, 0) is 7.05 Å². The first-order valence-electron chi connectivity index (χ1n) is 6.56. The number of hydrogen-bond donors (Lipinski definition) is 1. The normalized spacial score (nSPS) is 11.0. The Balaban J connectivity index is 2.98. The van der Waals surface area contributed by atoms with Crippen molar-refractivity contribution in [3.8, 4) is 0 Å². The molecule has 2 N–H and O–H groups in total. The monoisotopic (exact) mass is 252 g/mol. The largest absolute Gasteiger partial charge is 0.333 e. The first-order chi connectivity index (χ1) is 8.54. The summed E-state index contributed by atoms with van der Waals surface area (Å²) in [6.07, 6.45) is 1.89. The molecule has 0 aliphatic carbocycles. The van der Waals surface area contributed by atoms with E-state index >= 15 is 0 Å². The van der Waals surface area contributed by atoms with Gasteiger partial charge in [-0.25, -0.2) is 0 Å². The first kappa shape index (κ1) is 14.7. The fraction of sp³-hybridized carbons (Fsp3) is 0.692. The van der Waals surface area contributed by atoms with E-state index in [1.807, 2.05) is 17.9 Å². The summed E-state index contributed by atoms with van der Waals surface area (Å²) in [5.74, 6) is 0.0252. The minimum Gasteiger partial charge on any atom is -0.333 e. The van der Waals surface area contributed by atoms with E-state index in [2.05, 4.69) is 18.9 Å². The molecule has 1 aromatic rings. The summed E-state index contributed by atoms with van der Waals surface area (Å²) in [7, 11) is 1.80. The molecule has 0 radical (unpaired) electrons. The molecule has 102 valence electrons. The van der Waals surface area contributed by atoms with Gasteiger partial charge in [-0.15, -0.1) is 0 Å². The molecule has 1 rings (SSSR count). The molecule has 0 saturated heterocycles. The predicted octanol–water partition coefficient (Wildman–Crippen LogP) is 1.32. The van der Waals surface area contributed by atoms with E-state index in [1.54, 1.807) is 11.7 Å². The highest BCUT2D eigenvalue weighted by atomic mass is 16.2. The van der Waals surface area contributed by atoms with Crippen LogP contribution >= 0.6 is 0 Å². The molecule has 0 spiro atoms. The van der Waals surface area contributed by atoms with Crippen LogP contribution in [0.3, 0.4) is 0 Å². The Morgan fingerprint density at radius 2 is 2.11 bits per heavy atom. The Hall–Kier alpha value is -1.36. The van der Waals surface area contributed by atoms with Crippen molar-refractivity contribution >= 4 is 5.91 Å². The first-order valence-corrected chi connectivity index (χ1v) is 6.56. The van der Waals surface area contributed by atoms with Gasteiger partial charge < -0.3 is 10.6 Å². The van der Waals surface area contributed by atoms with Crippen molar-refractivity contribution in [2.75, 3.05) is 13.1 Å². The molecule has 0 fully saturated rings. The molecule has 0 unspecified atom stereocenters. The number of aromatic nitrogens is 2. The summed E-state index contributed by atoms with van der Waals surface area (Å²) in [5.41, 5.74) is 7.11. The lowest BCUT2D eigenvalue weighted by atomic mass is 10.1. The van der Waals surface area contributed by atoms with Crippen molar-refractivity contribution in [3.63, 3.8) is 0 Å². The molecule has 1 aromatic heterocycles. The Morgan fingerprint density at radius 1 is 1.50 bits per heavy atom. The highest BCUT2D eigenvalue weighted by Gasteiger charge is 2.24. The molecule has 0 aliphatic heterocycles. The third-order valence-corrected chi connectivity index (χ3v) is 3.24. The number of amides is 1. The molecule has 1 amide bonds. The Labute approximate surface area is 109 Å². The fourth-order valence-electron chi connectivity index (χ4n) is 2.28. The predicted molar refractivity (Wildman–Crippen MR) is 72.4 cm³/mol. The third kappa shape index (κ3) is 3.10. The van der Waals surface area contributed by atoms with Crippen LogP contribution in [0.4, 0.5) is 0 Å². The van der Waals surface area contributed by atoms with Gasteiger partial charge in [0.05, 0.1) is 5.69 Å². The van der Waals surface area contributed by atoms with E-state index in [0.29, 0.717) is 18.8 Å². The van der Waals surface area contributed by atoms with Crippen molar-refractivity contribution in [2.45, 2.75) is 39.7 Å². The molecule has 5 nitrogen and oxygen atoms in total. The average molecular weight is 252 g/mol. The standard InChI is InChI=1S/C13H24N4O/c1-5-11(6-2)17(8-7-14)13(18)12-9-10(3)15-16(12)4/h9,11H,5-8,14H2,1-4H3. The van der Waals surface area contributed by atoms with Crippen molar-refractivity contribution in [1.82, 2.24) is 14.7 Å². The maximum absolute atomic E-state index is 12.5. The van der Waals surface area contributed by atoms with Gasteiger partial charge in [-0.3, -0.25) is 9.48 Å². The van der Waals surface area contributed by atoms with Gasteiger partial charge in [-0.2, -0.15) is 5.10 Å². The molecule has 0 aromatic carbocycles. The molecule has 5 heteroatoms. The van der Waals surface area contributed by atoms with Crippen LogP contribution in [0.25, 0.3) is 0 Å². The second-order valence-electron chi connectivity index (χ2n) is 4.55. The number of nitrogens with two attached hydrogens (primary N) is 1. The van der Waals surface area contributed by atoms with E-state index in [0.717, 1.165) is 18.5 Å². The van der Waals surface area contributed by atoms with Gasteiger partial charge >= 0.3 is 0 Å². The SMILES string of the molecule is CCC(CC)N(CCN)C(=O)c1cc(C)nn1C. The third-order valence-electron chi connectivity index (χ3n) is 3.24. The minimum absolute atomic E-state index is 0.0252. The number of carbonyl (C=O) groups is 1. The van der Waals surface area contributed by atoms with Crippen LogP contribution in [0.2, 0.25) is 0 Å². The van der Waals surface area contributed by atoms with Gasteiger partial charge in [0.25, 0.3) is 5.91 Å². The second kappa shape index (κ2) is 6.54. The summed E-state index contributed by atoms with van der Waals surface area (Å²) in [5, 5.41) is 4.22. The highest BCUT2D eigenvalue weighted by Crippen LogP contribution is 2.13. The maximum Gasteiger partial charge on any atom is 0.272 e. The molecule has 0 bridgehead atoms. The number of rotatable bonds is 6. The van der Waals surface area contributed by atoms with Crippen LogP contribution < -0.4 is 5.73 Å². The molecular weight excluding hydrogens is 228 g/mol. The topological polar surface area (TPSA) is 64.2 Å². The van der Waals surface area contributed by atoms with Gasteiger partial charge in [-0.1, -0.05) is 13.8 Å². The number of carbonyl (C=O) groups excluding carboxylic acids is 1. The van der Waals surface area contributed by atoms with E-state index < -0.39 is 0 Å². The van der Waals surface area contributed by atoms with Gasteiger partial charge in [0, 0.05) is 26.2 Å². The summed E-state index contributed by atoms with van der Waals surface area (Å²) in [6, 6.07) is 2.07. The van der Waals surface area contributed by atoms with E-state index in [-0.39, 0.29) is 11.9 Å². The number of hydrogen-bond acceptors (Lipinski definition) is 3. The zero-order chi connectivity index (χ0) is 13.7. The van der Waals surface area contributed by atoms with Gasteiger partial charge in [-0.05, 0) is 25.8 Å². The lowest BCUT2D eigenvalue weighted by Gasteiger charge is -2.30. The zero-order valence-electron chi connectivity index (χ0n) is 11.8. The van der Waals surface area contributed by atoms with Gasteiger partial charge in [0.2, 0.25) is 0 Å². The van der Waals surface area contributed by atoms with Crippen LogP contribution in [-0.4, -0.2) is 39.7 Å². The molecule has 0 saturated carbocycles. The molecule has 0 aliphatic rings. The molecule has 0 atom stereocenters. The maximum atomic E-state index is 12.5. The Bertz CT molecular complexity index is 396. The lowest BCUT2D eigenvalue weighted by molar-refractivity contribution is 0.0663. The van der Waals surface area contributed by atoms with Gasteiger partial charge in [0.1, 0.15) is 5.69 Å². The Morgan fingerprint density at radius 3 is 2.50 bits per heavy atom. The molecule has 1 heterocycles. The second-order valence-corrected chi connectivity index (χ2v) is 4.55. The summed E-state index contributed by atoms with van der Waals surface area (Å²) < 4.78 is 1.64. The Kier molecular flexibility index (Phi) is 5.34. The van der Waals surface area contributed by atoms with E-state index in [9.17, 15) is 4.79 Å². The van der Waals surface area contributed by atoms with Crippen LogP contribution in [0.1, 0.15) is 42.9 Å². The summed E-state index contributed by atoms with van der Waals surface area (Å²) >= 11 is 0. The quantitative estimate of drug-likeness (QED) is 0.830. The summed E-state index contributed by atoms with van der Waals surface area (Å²) in [6.45, 7) is 7.16. The van der Waals surface area contributed by atoms with Crippen molar-refractivity contribution < 1.29 is 4.79 Å². The van der Waals surface area contributed by atoms with Crippen molar-refractivity contribution in [3.05, 3.63) is 17.5 Å². The van der Waals surface area contributed by atoms with E-state index in [1.165, 1.54) is 0 Å². The van der Waals surface area contributed by atoms with Gasteiger partial charge in [0.15, 0.2) is 0 Å². The van der Waals surface area contributed by atoms with Crippen molar-refractivity contribution in [2.24, 2.45) is 12.8 Å². The fourth-order valence-corrected chi connectivity index (χ4v) is 2.28.